The van der Waals surface area contributed by atoms with E-state index in [0.29, 0.717) is 5.41 Å². The predicted molar refractivity (Wildman–Crippen MR) is 61.8 cm³/mol. The smallest absolute Gasteiger partial charge is 0.146 e. The molecule has 0 radical (unpaired) electrons. The Labute approximate surface area is 96.4 Å². The molecule has 0 spiro atoms. The minimum atomic E-state index is 0.674. The fourth-order valence-corrected chi connectivity index (χ4v) is 2.61. The Balaban J connectivity index is 1.51. The molecule has 1 N–H and O–H groups in total. The summed E-state index contributed by atoms with van der Waals surface area (Å²) in [5.74, 6) is 3.06. The zero-order valence-electron chi connectivity index (χ0n) is 10.2. The normalized spacial score (nSPS) is 22.4. The number of aromatic nitrogens is 3. The van der Waals surface area contributed by atoms with Crippen LogP contribution in [0.4, 0.5) is 0 Å². The van der Waals surface area contributed by atoms with Crippen molar-refractivity contribution in [3.8, 4) is 0 Å². The summed E-state index contributed by atoms with van der Waals surface area (Å²) in [6, 6.07) is 0. The lowest BCUT2D eigenvalue weighted by molar-refractivity contribution is 0.399. The summed E-state index contributed by atoms with van der Waals surface area (Å²) in [7, 11) is 2.03. The number of nitrogens with one attached hydrogen (secondary N) is 1. The first kappa shape index (κ1) is 10.3. The van der Waals surface area contributed by atoms with Crippen molar-refractivity contribution < 1.29 is 0 Å². The van der Waals surface area contributed by atoms with E-state index in [2.05, 4.69) is 20.1 Å². The molecule has 0 unspecified atom stereocenters. The van der Waals surface area contributed by atoms with E-state index >= 15 is 0 Å². The molecule has 4 heteroatoms. The molecule has 16 heavy (non-hydrogen) atoms. The van der Waals surface area contributed by atoms with Crippen molar-refractivity contribution in [3.05, 3.63) is 11.6 Å². The molecule has 0 amide bonds. The van der Waals surface area contributed by atoms with Crippen LogP contribution in [0.3, 0.4) is 0 Å². The van der Waals surface area contributed by atoms with Gasteiger partial charge in [-0.25, -0.2) is 0 Å². The van der Waals surface area contributed by atoms with Gasteiger partial charge < -0.3 is 9.88 Å². The zero-order valence-corrected chi connectivity index (χ0v) is 10.2. The monoisotopic (exact) mass is 220 g/mol. The van der Waals surface area contributed by atoms with Gasteiger partial charge in [-0.2, -0.15) is 0 Å². The van der Waals surface area contributed by atoms with Crippen molar-refractivity contribution in [1.82, 2.24) is 20.1 Å². The average molecular weight is 220 g/mol. The first-order valence-corrected chi connectivity index (χ1v) is 6.27. The lowest BCUT2D eigenvalue weighted by Gasteiger charge is -2.14. The Bertz CT molecular complexity index is 388. The molecule has 0 bridgehead atoms. The third kappa shape index (κ3) is 1.75. The first-order valence-electron chi connectivity index (χ1n) is 6.27. The van der Waals surface area contributed by atoms with E-state index in [9.17, 15) is 0 Å². The van der Waals surface area contributed by atoms with E-state index in [1.165, 1.54) is 32.2 Å². The molecule has 0 aromatic carbocycles. The molecular weight excluding hydrogens is 200 g/mol. The zero-order chi connectivity index (χ0) is 11.2. The largest absolute Gasteiger partial charge is 0.317 e. The number of rotatable bonds is 5. The van der Waals surface area contributed by atoms with Crippen LogP contribution in [-0.4, -0.2) is 21.3 Å². The van der Waals surface area contributed by atoms with E-state index in [0.717, 1.165) is 24.1 Å². The summed E-state index contributed by atoms with van der Waals surface area (Å²) >= 11 is 0. The Morgan fingerprint density at radius 1 is 1.38 bits per heavy atom. The van der Waals surface area contributed by atoms with Crippen LogP contribution in [-0.2, 0) is 13.6 Å². The van der Waals surface area contributed by atoms with Gasteiger partial charge in [-0.05, 0) is 43.9 Å². The van der Waals surface area contributed by atoms with Gasteiger partial charge in [0.05, 0.1) is 6.54 Å². The van der Waals surface area contributed by atoms with Crippen molar-refractivity contribution in [2.45, 2.75) is 39.2 Å². The Hall–Kier alpha value is -0.900. The van der Waals surface area contributed by atoms with Crippen LogP contribution in [0.25, 0.3) is 0 Å². The van der Waals surface area contributed by atoms with Gasteiger partial charge in [0.25, 0.3) is 0 Å². The molecule has 2 saturated carbocycles. The summed E-state index contributed by atoms with van der Waals surface area (Å²) in [5.41, 5.74) is 0.674. The second kappa shape index (κ2) is 3.55. The molecule has 2 aliphatic rings. The average Bonchev–Trinajstić information content (AvgIpc) is 3.14. The molecule has 1 aromatic rings. The molecule has 2 aliphatic carbocycles. The fourth-order valence-electron chi connectivity index (χ4n) is 2.61. The van der Waals surface area contributed by atoms with Gasteiger partial charge in [0.1, 0.15) is 11.6 Å². The number of aryl methyl sites for hydroxylation is 1. The molecule has 1 heterocycles. The summed E-state index contributed by atoms with van der Waals surface area (Å²) in [5, 5.41) is 11.8. The van der Waals surface area contributed by atoms with Crippen molar-refractivity contribution >= 4 is 0 Å². The quantitative estimate of drug-likeness (QED) is 0.815. The highest BCUT2D eigenvalue weighted by Gasteiger charge is 2.53. The van der Waals surface area contributed by atoms with Crippen molar-refractivity contribution in [1.29, 1.82) is 0 Å². The molecule has 0 saturated heterocycles. The minimum absolute atomic E-state index is 0.674. The molecule has 4 nitrogen and oxygen atoms in total. The first-order chi connectivity index (χ1) is 7.71. The third-order valence-electron chi connectivity index (χ3n) is 4.28. The van der Waals surface area contributed by atoms with Crippen LogP contribution >= 0.6 is 0 Å². The van der Waals surface area contributed by atoms with E-state index in [1.807, 2.05) is 14.0 Å². The summed E-state index contributed by atoms with van der Waals surface area (Å²) in [4.78, 5) is 0. The number of hydrogen-bond donors (Lipinski definition) is 1. The van der Waals surface area contributed by atoms with Crippen molar-refractivity contribution in [2.24, 2.45) is 18.4 Å². The van der Waals surface area contributed by atoms with Crippen LogP contribution in [0.2, 0.25) is 0 Å². The molecule has 0 aliphatic heterocycles. The van der Waals surface area contributed by atoms with E-state index in [4.69, 9.17) is 0 Å². The van der Waals surface area contributed by atoms with Crippen LogP contribution in [0.1, 0.15) is 37.3 Å². The molecule has 2 fully saturated rings. The standard InChI is InChI=1S/C12H20N4/c1-9-14-15-11(16(9)2)7-13-8-12(5-6-12)10-3-4-10/h10,13H,3-8H2,1-2H3. The Kier molecular flexibility index (Phi) is 2.28. The van der Waals surface area contributed by atoms with E-state index in [1.54, 1.807) is 0 Å². The highest BCUT2D eigenvalue weighted by Crippen LogP contribution is 2.60. The maximum atomic E-state index is 4.17. The minimum Gasteiger partial charge on any atom is -0.317 e. The van der Waals surface area contributed by atoms with Gasteiger partial charge in [0, 0.05) is 13.6 Å². The van der Waals surface area contributed by atoms with Gasteiger partial charge >= 0.3 is 0 Å². The maximum Gasteiger partial charge on any atom is 0.146 e. The fraction of sp³-hybridized carbons (Fsp3) is 0.833. The van der Waals surface area contributed by atoms with Gasteiger partial charge in [-0.1, -0.05) is 0 Å². The molecular formula is C12H20N4. The van der Waals surface area contributed by atoms with Crippen LogP contribution < -0.4 is 5.32 Å². The van der Waals surface area contributed by atoms with Gasteiger partial charge in [0.15, 0.2) is 0 Å². The summed E-state index contributed by atoms with van der Waals surface area (Å²) in [6.07, 6.45) is 5.79. The number of nitrogens with zero attached hydrogens (tertiary/aromatic N) is 3. The maximum absolute atomic E-state index is 4.17. The second-order valence-corrected chi connectivity index (χ2v) is 5.46. The van der Waals surface area contributed by atoms with Crippen molar-refractivity contribution in [2.75, 3.05) is 6.54 Å². The lowest BCUT2D eigenvalue weighted by Crippen LogP contribution is -2.26. The molecule has 1 aromatic heterocycles. The highest BCUT2D eigenvalue weighted by atomic mass is 15.3. The Morgan fingerprint density at radius 2 is 2.12 bits per heavy atom. The second-order valence-electron chi connectivity index (χ2n) is 5.46. The SMILES string of the molecule is Cc1nnc(CNCC2(C3CC3)CC2)n1C. The van der Waals surface area contributed by atoms with Crippen LogP contribution in [0.5, 0.6) is 0 Å². The summed E-state index contributed by atoms with van der Waals surface area (Å²) < 4.78 is 2.06. The van der Waals surface area contributed by atoms with Gasteiger partial charge in [-0.15, -0.1) is 10.2 Å². The lowest BCUT2D eigenvalue weighted by atomic mass is 10.0. The molecule has 3 rings (SSSR count). The van der Waals surface area contributed by atoms with Crippen molar-refractivity contribution in [3.63, 3.8) is 0 Å². The van der Waals surface area contributed by atoms with Crippen LogP contribution in [0.15, 0.2) is 0 Å². The van der Waals surface area contributed by atoms with Gasteiger partial charge in [-0.3, -0.25) is 0 Å². The number of hydrogen-bond acceptors (Lipinski definition) is 3. The van der Waals surface area contributed by atoms with Crippen LogP contribution in [0, 0.1) is 18.3 Å². The Morgan fingerprint density at radius 3 is 2.62 bits per heavy atom. The highest BCUT2D eigenvalue weighted by molar-refractivity contribution is 5.05. The van der Waals surface area contributed by atoms with E-state index < -0.39 is 0 Å². The predicted octanol–water partition coefficient (Wildman–Crippen LogP) is 1.40. The van der Waals surface area contributed by atoms with Gasteiger partial charge in [0.2, 0.25) is 0 Å². The van der Waals surface area contributed by atoms with E-state index in [-0.39, 0.29) is 0 Å². The summed E-state index contributed by atoms with van der Waals surface area (Å²) in [6.45, 7) is 4.01. The molecule has 88 valence electrons. The molecule has 0 atom stereocenters. The topological polar surface area (TPSA) is 42.7 Å². The third-order valence-corrected chi connectivity index (χ3v) is 4.28.